The molecule has 192 valence electrons. The predicted octanol–water partition coefficient (Wildman–Crippen LogP) is 5.88. The molecule has 4 rings (SSSR count). The Morgan fingerprint density at radius 3 is 2.69 bits per heavy atom. The van der Waals surface area contributed by atoms with E-state index in [1.807, 2.05) is 6.92 Å². The fourth-order valence-corrected chi connectivity index (χ4v) is 5.64. The quantitative estimate of drug-likeness (QED) is 0.468. The third-order valence-corrected chi connectivity index (χ3v) is 7.83. The summed E-state index contributed by atoms with van der Waals surface area (Å²) in [7, 11) is 1.58. The molecular weight excluding hydrogens is 469 g/mol. The van der Waals surface area contributed by atoms with E-state index in [1.165, 1.54) is 12.8 Å². The monoisotopic (exact) mass is 505 g/mol. The van der Waals surface area contributed by atoms with Gasteiger partial charge < -0.3 is 15.4 Å². The highest BCUT2D eigenvalue weighted by Crippen LogP contribution is 2.39. The molecule has 2 aromatic heterocycles. The molecule has 2 atom stereocenters. The molecule has 1 unspecified atom stereocenters. The molecule has 2 fully saturated rings. The number of methoxy groups -OCH3 is 1. The first-order valence-corrected chi connectivity index (χ1v) is 13.1. The van der Waals surface area contributed by atoms with Crippen LogP contribution in [0, 0.1) is 11.8 Å². The van der Waals surface area contributed by atoms with Crippen molar-refractivity contribution >= 4 is 23.3 Å². The second kappa shape index (κ2) is 10.7. The van der Waals surface area contributed by atoms with Crippen LogP contribution in [0.25, 0.3) is 11.3 Å². The van der Waals surface area contributed by atoms with Gasteiger partial charge in [0.05, 0.1) is 23.4 Å². The van der Waals surface area contributed by atoms with Crippen LogP contribution in [0.3, 0.4) is 0 Å². The van der Waals surface area contributed by atoms with Gasteiger partial charge in [0, 0.05) is 37.8 Å². The summed E-state index contributed by atoms with van der Waals surface area (Å²) in [5.74, 6) is 2.19. The molecule has 7 nitrogen and oxygen atoms in total. The van der Waals surface area contributed by atoms with Crippen molar-refractivity contribution in [2.45, 2.75) is 84.0 Å². The van der Waals surface area contributed by atoms with Gasteiger partial charge in [0.15, 0.2) is 5.69 Å². The average molecular weight is 506 g/mol. The van der Waals surface area contributed by atoms with Crippen LogP contribution >= 0.6 is 11.6 Å². The van der Waals surface area contributed by atoms with Gasteiger partial charge in [0.2, 0.25) is 0 Å². The zero-order valence-electron chi connectivity index (χ0n) is 21.2. The van der Waals surface area contributed by atoms with Crippen molar-refractivity contribution in [2.24, 2.45) is 11.8 Å². The Hall–Kier alpha value is -2.35. The third kappa shape index (κ3) is 5.90. The van der Waals surface area contributed by atoms with Crippen molar-refractivity contribution in [1.29, 1.82) is 0 Å². The molecule has 2 N–H and O–H groups in total. The van der Waals surface area contributed by atoms with Gasteiger partial charge in [-0.05, 0) is 51.4 Å². The van der Waals surface area contributed by atoms with Crippen LogP contribution in [0.5, 0.6) is 5.75 Å². The van der Waals surface area contributed by atoms with Gasteiger partial charge in [-0.15, -0.1) is 0 Å². The van der Waals surface area contributed by atoms with Crippen LogP contribution in [0.4, 0.5) is 10.2 Å². The van der Waals surface area contributed by atoms with Crippen molar-refractivity contribution in [3.05, 3.63) is 23.0 Å². The lowest BCUT2D eigenvalue weighted by molar-refractivity contribution is 0.0936. The molecule has 2 aliphatic carbocycles. The van der Waals surface area contributed by atoms with E-state index in [1.54, 1.807) is 31.0 Å². The molecule has 9 heteroatoms. The van der Waals surface area contributed by atoms with Crippen molar-refractivity contribution in [3.63, 3.8) is 0 Å². The highest BCUT2D eigenvalue weighted by molar-refractivity contribution is 6.36. The first-order valence-electron chi connectivity index (χ1n) is 12.7. The number of carbonyl (C=O) groups excluding carboxylic acids is 1. The molecule has 2 heterocycles. The maximum atomic E-state index is 14.2. The molecule has 0 aromatic carbocycles. The molecule has 35 heavy (non-hydrogen) atoms. The molecule has 2 aromatic rings. The van der Waals surface area contributed by atoms with Gasteiger partial charge in [0.25, 0.3) is 5.91 Å². The van der Waals surface area contributed by atoms with E-state index in [9.17, 15) is 9.18 Å². The van der Waals surface area contributed by atoms with Crippen molar-refractivity contribution in [2.75, 3.05) is 19.0 Å². The van der Waals surface area contributed by atoms with Crippen LogP contribution in [0.2, 0.25) is 5.02 Å². The summed E-state index contributed by atoms with van der Waals surface area (Å²) < 4.78 is 21.6. The summed E-state index contributed by atoms with van der Waals surface area (Å²) in [4.78, 5) is 17.5. The fourth-order valence-electron chi connectivity index (χ4n) is 5.31. The average Bonchev–Trinajstić information content (AvgIpc) is 3.36. The lowest BCUT2D eigenvalue weighted by Crippen LogP contribution is -2.31. The molecule has 2 saturated carbocycles. The number of carbonyl (C=O) groups is 1. The Balaban J connectivity index is 1.52. The summed E-state index contributed by atoms with van der Waals surface area (Å²) in [6, 6.07) is 1.82. The fraction of sp³-hybridized carbons (Fsp3) is 0.654. The predicted molar refractivity (Wildman–Crippen MR) is 137 cm³/mol. The third-order valence-electron chi connectivity index (χ3n) is 7.48. The van der Waals surface area contributed by atoms with Crippen molar-refractivity contribution in [1.82, 2.24) is 20.1 Å². The molecule has 0 aliphatic heterocycles. The Morgan fingerprint density at radius 2 is 2.06 bits per heavy atom. The number of pyridine rings is 1. The first-order chi connectivity index (χ1) is 16.7. The van der Waals surface area contributed by atoms with E-state index in [0.29, 0.717) is 54.7 Å². The summed E-state index contributed by atoms with van der Waals surface area (Å²) in [6.07, 6.45) is 8.11. The lowest BCUT2D eigenvalue weighted by atomic mass is 9.83. The number of amides is 1. The standard InChI is InChI=1S/C26H37ClFN5O2/c1-5-33-24(22(27)23(32-33)25(34)30-14-17-8-6-16(2)7-9-17)19-15-29-21(12-20(19)35-4)31-18-10-11-26(3,28)13-18/h12,15-18H,5-11,13-14H2,1-4H3,(H,29,31)(H,30,34)/t16?,17?,18-,26?/m1/s1. The van der Waals surface area contributed by atoms with Gasteiger partial charge in [0.1, 0.15) is 17.2 Å². The second-order valence-corrected chi connectivity index (χ2v) is 10.8. The van der Waals surface area contributed by atoms with Crippen LogP contribution in [-0.2, 0) is 6.54 Å². The lowest BCUT2D eigenvalue weighted by Gasteiger charge is -2.26. The molecular formula is C26H37ClFN5O2. The number of rotatable bonds is 8. The van der Waals surface area contributed by atoms with Gasteiger partial charge in [-0.25, -0.2) is 9.37 Å². The minimum atomic E-state index is -1.14. The Labute approximate surface area is 212 Å². The molecule has 0 saturated heterocycles. The molecule has 0 bridgehead atoms. The smallest absolute Gasteiger partial charge is 0.273 e. The van der Waals surface area contributed by atoms with Crippen molar-refractivity contribution in [3.8, 4) is 17.0 Å². The van der Waals surface area contributed by atoms with Crippen LogP contribution < -0.4 is 15.4 Å². The number of halogens is 2. The van der Waals surface area contributed by atoms with Crippen LogP contribution in [-0.4, -0.2) is 46.0 Å². The van der Waals surface area contributed by atoms with E-state index < -0.39 is 5.67 Å². The number of hydrogen-bond acceptors (Lipinski definition) is 5. The zero-order chi connectivity index (χ0) is 25.2. The van der Waals surface area contributed by atoms with E-state index in [2.05, 4.69) is 27.6 Å². The Bertz CT molecular complexity index is 1050. The molecule has 2 aliphatic rings. The van der Waals surface area contributed by atoms with Crippen LogP contribution in [0.1, 0.15) is 76.2 Å². The van der Waals surface area contributed by atoms with E-state index >= 15 is 0 Å². The van der Waals surface area contributed by atoms with Gasteiger partial charge >= 0.3 is 0 Å². The summed E-state index contributed by atoms with van der Waals surface area (Å²) in [5.41, 5.74) is 0.318. The minimum absolute atomic E-state index is 0.0282. The first kappa shape index (κ1) is 25.7. The highest BCUT2D eigenvalue weighted by Gasteiger charge is 2.35. The Kier molecular flexibility index (Phi) is 7.89. The number of nitrogens with zero attached hydrogens (tertiary/aromatic N) is 3. The number of alkyl halides is 1. The summed E-state index contributed by atoms with van der Waals surface area (Å²) in [6.45, 7) is 7.04. The van der Waals surface area contributed by atoms with E-state index in [0.717, 1.165) is 25.2 Å². The maximum absolute atomic E-state index is 14.2. The SMILES string of the molecule is CCn1nc(C(=O)NCC2CCC(C)CC2)c(Cl)c1-c1cnc(N[C@@H]2CCC(C)(F)C2)cc1OC. The maximum Gasteiger partial charge on any atom is 0.273 e. The van der Waals surface area contributed by atoms with Crippen molar-refractivity contribution < 1.29 is 13.9 Å². The molecule has 0 radical (unpaired) electrons. The van der Waals surface area contributed by atoms with Gasteiger partial charge in [-0.3, -0.25) is 9.48 Å². The topological polar surface area (TPSA) is 81.1 Å². The van der Waals surface area contributed by atoms with Gasteiger partial charge in [-0.2, -0.15) is 5.10 Å². The number of hydrogen-bond donors (Lipinski definition) is 2. The summed E-state index contributed by atoms with van der Waals surface area (Å²) >= 11 is 6.73. The van der Waals surface area contributed by atoms with E-state index in [4.69, 9.17) is 16.3 Å². The highest BCUT2D eigenvalue weighted by atomic mass is 35.5. The number of aryl methyl sites for hydroxylation is 1. The number of ether oxygens (including phenoxy) is 1. The minimum Gasteiger partial charge on any atom is -0.496 e. The number of nitrogens with one attached hydrogen (secondary N) is 2. The van der Waals surface area contributed by atoms with E-state index in [-0.39, 0.29) is 22.7 Å². The molecule has 0 spiro atoms. The van der Waals surface area contributed by atoms with Crippen LogP contribution in [0.15, 0.2) is 12.3 Å². The Morgan fingerprint density at radius 1 is 1.31 bits per heavy atom. The molecule has 1 amide bonds. The summed E-state index contributed by atoms with van der Waals surface area (Å²) in [5, 5.41) is 11.1. The van der Waals surface area contributed by atoms with Gasteiger partial charge in [-0.1, -0.05) is 31.4 Å². The second-order valence-electron chi connectivity index (χ2n) is 10.4. The zero-order valence-corrected chi connectivity index (χ0v) is 21.9. The number of aromatic nitrogens is 3. The number of anilines is 1. The normalized spacial score (nSPS) is 26.5. The largest absolute Gasteiger partial charge is 0.496 e.